The van der Waals surface area contributed by atoms with E-state index in [1.54, 1.807) is 17.6 Å². The number of aromatic nitrogens is 3. The maximum atomic E-state index is 12.2. The van der Waals surface area contributed by atoms with Gasteiger partial charge >= 0.3 is 5.91 Å². The fraction of sp³-hybridized carbons (Fsp3) is 0.143. The summed E-state index contributed by atoms with van der Waals surface area (Å²) in [7, 11) is 0. The number of nitrogens with zero attached hydrogens (tertiary/aromatic N) is 4. The van der Waals surface area contributed by atoms with Crippen molar-refractivity contribution in [2.45, 2.75) is 19.9 Å². The van der Waals surface area contributed by atoms with E-state index in [2.05, 4.69) is 20.4 Å². The second kappa shape index (κ2) is 7.48. The summed E-state index contributed by atoms with van der Waals surface area (Å²) in [4.78, 5) is 12.2. The van der Waals surface area contributed by atoms with Gasteiger partial charge in [-0.3, -0.25) is 9.89 Å². The molecule has 2 heterocycles. The van der Waals surface area contributed by atoms with E-state index in [0.29, 0.717) is 6.54 Å². The Morgan fingerprint density at radius 3 is 2.64 bits per heavy atom. The first-order valence-corrected chi connectivity index (χ1v) is 8.95. The van der Waals surface area contributed by atoms with Crippen LogP contribution in [0, 0.1) is 6.92 Å². The first-order chi connectivity index (χ1) is 13.6. The Bertz CT molecular complexity index is 1160. The molecular formula is C21H19N5O2. The molecule has 1 amide bonds. The topological polar surface area (TPSA) is 95.6 Å². The van der Waals surface area contributed by atoms with E-state index >= 15 is 0 Å². The third kappa shape index (κ3) is 3.42. The summed E-state index contributed by atoms with van der Waals surface area (Å²) in [5, 5.41) is 25.9. The maximum Gasteiger partial charge on any atom is 0.315 e. The fourth-order valence-corrected chi connectivity index (χ4v) is 3.16. The predicted molar refractivity (Wildman–Crippen MR) is 106 cm³/mol. The number of amides is 1. The monoisotopic (exact) mass is 373 g/mol. The second-order valence-corrected chi connectivity index (χ2v) is 6.52. The Morgan fingerprint density at radius 1 is 1.14 bits per heavy atom. The molecule has 0 fully saturated rings. The molecular weight excluding hydrogens is 354 g/mol. The molecule has 7 nitrogen and oxygen atoms in total. The molecule has 0 aliphatic heterocycles. The van der Waals surface area contributed by atoms with Gasteiger partial charge in [0.2, 0.25) is 5.88 Å². The highest BCUT2D eigenvalue weighted by Gasteiger charge is 2.17. The number of benzene rings is 2. The van der Waals surface area contributed by atoms with Crippen LogP contribution in [0.5, 0.6) is 5.88 Å². The van der Waals surface area contributed by atoms with Crippen molar-refractivity contribution >= 4 is 22.5 Å². The Kier molecular flexibility index (Phi) is 4.72. The van der Waals surface area contributed by atoms with Crippen LogP contribution in [0.4, 0.5) is 5.69 Å². The van der Waals surface area contributed by atoms with E-state index in [1.165, 1.54) is 5.56 Å². The van der Waals surface area contributed by atoms with Crippen molar-refractivity contribution in [2.24, 2.45) is 10.2 Å². The van der Waals surface area contributed by atoms with E-state index in [4.69, 9.17) is 0 Å². The fourth-order valence-electron chi connectivity index (χ4n) is 3.16. The first kappa shape index (κ1) is 17.7. The standard InChI is InChI=1S/C21H19N5O2/c1-14-13-17(23-22-14)20(27)25-24-19-16-9-5-6-10-18(16)26(21(19)28)12-11-15-7-3-2-4-8-15/h2-10,13,28H,11-12H2,1H3,(H,22,23). The van der Waals surface area contributed by atoms with Crippen molar-refractivity contribution in [3.63, 3.8) is 0 Å². The molecule has 4 aromatic rings. The van der Waals surface area contributed by atoms with Gasteiger partial charge in [0, 0.05) is 17.6 Å². The number of hydrogen-bond acceptors (Lipinski definition) is 4. The molecule has 2 aromatic carbocycles. The highest BCUT2D eigenvalue weighted by molar-refractivity contribution is 5.96. The van der Waals surface area contributed by atoms with Gasteiger partial charge in [-0.1, -0.05) is 48.5 Å². The van der Waals surface area contributed by atoms with Crippen molar-refractivity contribution in [1.82, 2.24) is 14.8 Å². The summed E-state index contributed by atoms with van der Waals surface area (Å²) in [5.74, 6) is -0.572. The molecule has 0 saturated carbocycles. The molecule has 7 heteroatoms. The van der Waals surface area contributed by atoms with Crippen LogP contribution in [0.3, 0.4) is 0 Å². The highest BCUT2D eigenvalue weighted by atomic mass is 16.3. The third-order valence-corrected chi connectivity index (χ3v) is 4.55. The minimum atomic E-state index is -0.565. The lowest BCUT2D eigenvalue weighted by atomic mass is 10.1. The SMILES string of the molecule is Cc1cc(C(=O)N=Nc2c(O)n(CCc3ccccc3)c3ccccc23)n[nH]1. The van der Waals surface area contributed by atoms with E-state index < -0.39 is 5.91 Å². The summed E-state index contributed by atoms with van der Waals surface area (Å²) in [6.07, 6.45) is 0.759. The van der Waals surface area contributed by atoms with Gasteiger partial charge in [0.1, 0.15) is 0 Å². The van der Waals surface area contributed by atoms with Crippen LogP contribution in [0.1, 0.15) is 21.7 Å². The predicted octanol–water partition coefficient (Wildman–Crippen LogP) is 4.55. The number of fused-ring (bicyclic) bond motifs is 1. The maximum absolute atomic E-state index is 12.2. The van der Waals surface area contributed by atoms with E-state index in [0.717, 1.165) is 23.0 Å². The summed E-state index contributed by atoms with van der Waals surface area (Å²) >= 11 is 0. The number of hydrogen-bond donors (Lipinski definition) is 2. The van der Waals surface area contributed by atoms with Crippen LogP contribution in [0.15, 0.2) is 70.9 Å². The van der Waals surface area contributed by atoms with Crippen LogP contribution >= 0.6 is 0 Å². The number of aromatic hydroxyl groups is 1. The molecule has 0 saturated heterocycles. The number of carbonyl (C=O) groups excluding carboxylic acids is 1. The minimum Gasteiger partial charge on any atom is -0.493 e. The zero-order chi connectivity index (χ0) is 19.5. The smallest absolute Gasteiger partial charge is 0.315 e. The van der Waals surface area contributed by atoms with Crippen LogP contribution in [-0.4, -0.2) is 25.8 Å². The van der Waals surface area contributed by atoms with Crippen molar-refractivity contribution < 1.29 is 9.90 Å². The van der Waals surface area contributed by atoms with Crippen molar-refractivity contribution in [3.8, 4) is 5.88 Å². The molecule has 2 aromatic heterocycles. The molecule has 0 aliphatic carbocycles. The molecule has 4 rings (SSSR count). The van der Waals surface area contributed by atoms with Gasteiger partial charge in [0.25, 0.3) is 0 Å². The molecule has 0 unspecified atom stereocenters. The average molecular weight is 373 g/mol. The zero-order valence-corrected chi connectivity index (χ0v) is 15.3. The largest absolute Gasteiger partial charge is 0.493 e. The summed E-state index contributed by atoms with van der Waals surface area (Å²) in [6.45, 7) is 2.38. The van der Waals surface area contributed by atoms with Gasteiger partial charge in [0.15, 0.2) is 11.4 Å². The molecule has 140 valence electrons. The molecule has 0 atom stereocenters. The highest BCUT2D eigenvalue weighted by Crippen LogP contribution is 2.39. The number of rotatable bonds is 5. The summed E-state index contributed by atoms with van der Waals surface area (Å²) in [6, 6.07) is 19.2. The van der Waals surface area contributed by atoms with Crippen molar-refractivity contribution in [1.29, 1.82) is 0 Å². The van der Waals surface area contributed by atoms with Crippen LogP contribution in [0.2, 0.25) is 0 Å². The van der Waals surface area contributed by atoms with Crippen molar-refractivity contribution in [2.75, 3.05) is 0 Å². The average Bonchev–Trinajstić information content (AvgIpc) is 3.26. The lowest BCUT2D eigenvalue weighted by Crippen LogP contribution is -2.00. The molecule has 0 radical (unpaired) electrons. The van der Waals surface area contributed by atoms with Gasteiger partial charge in [-0.25, -0.2) is 0 Å². The van der Waals surface area contributed by atoms with E-state index in [9.17, 15) is 9.90 Å². The lowest BCUT2D eigenvalue weighted by Gasteiger charge is -2.07. The van der Waals surface area contributed by atoms with Gasteiger partial charge in [-0.05, 0) is 31.0 Å². The minimum absolute atomic E-state index is 0.00751. The normalized spacial score (nSPS) is 11.5. The van der Waals surface area contributed by atoms with Crippen LogP contribution < -0.4 is 0 Å². The summed E-state index contributed by atoms with van der Waals surface area (Å²) in [5.41, 5.74) is 3.25. The third-order valence-electron chi connectivity index (χ3n) is 4.55. The number of azo groups is 1. The Morgan fingerprint density at radius 2 is 1.89 bits per heavy atom. The number of carbonyl (C=O) groups is 1. The molecule has 0 aliphatic rings. The van der Waals surface area contributed by atoms with Gasteiger partial charge in [-0.15, -0.1) is 10.2 Å². The first-order valence-electron chi connectivity index (χ1n) is 8.95. The number of aromatic amines is 1. The number of para-hydroxylation sites is 1. The van der Waals surface area contributed by atoms with Gasteiger partial charge < -0.3 is 9.67 Å². The molecule has 28 heavy (non-hydrogen) atoms. The molecule has 2 N–H and O–H groups in total. The number of aryl methyl sites for hydroxylation is 3. The van der Waals surface area contributed by atoms with Gasteiger partial charge in [0.05, 0.1) is 5.52 Å². The zero-order valence-electron chi connectivity index (χ0n) is 15.3. The van der Waals surface area contributed by atoms with E-state index in [-0.39, 0.29) is 17.3 Å². The van der Waals surface area contributed by atoms with Crippen molar-refractivity contribution in [3.05, 3.63) is 77.6 Å². The second-order valence-electron chi connectivity index (χ2n) is 6.52. The quantitative estimate of drug-likeness (QED) is 0.503. The van der Waals surface area contributed by atoms with Gasteiger partial charge in [-0.2, -0.15) is 5.10 Å². The van der Waals surface area contributed by atoms with Crippen LogP contribution in [0.25, 0.3) is 10.9 Å². The summed E-state index contributed by atoms with van der Waals surface area (Å²) < 4.78 is 1.79. The number of H-pyrrole nitrogens is 1. The Balaban J connectivity index is 1.66. The van der Waals surface area contributed by atoms with E-state index in [1.807, 2.05) is 54.6 Å². The van der Waals surface area contributed by atoms with Crippen LogP contribution in [-0.2, 0) is 13.0 Å². The molecule has 0 spiro atoms. The Hall–Kier alpha value is -3.74. The molecule has 0 bridgehead atoms. The number of nitrogens with one attached hydrogen (secondary N) is 1. The lowest BCUT2D eigenvalue weighted by molar-refractivity contribution is 0.0990. The Labute approximate surface area is 161 Å².